The topological polar surface area (TPSA) is 29.3 Å². The molecule has 0 aliphatic carbocycles. The van der Waals surface area contributed by atoms with Gasteiger partial charge in [0.15, 0.2) is 5.58 Å². The quantitative estimate of drug-likeness (QED) is 0.143. The first-order chi connectivity index (χ1) is 31.7. The standard InChI is InChI=1S/C61H40N2O/c1-3-14-43(15-4-1)52-20-11-12-25-58(52)63(49-36-32-45(33-37-49)57-40-47-18-7-8-19-51(47)53-21-9-10-22-54(53)57)48-34-30-42(31-35-48)41-26-28-44(29-27-41)50-23-13-24-56-55(50)38-39-59-60(56)62-61(64-59)46-16-5-2-6-17-46/h1-40H. The normalized spacial score (nSPS) is 11.4. The predicted octanol–water partition coefficient (Wildman–Crippen LogP) is 17.1. The van der Waals surface area contributed by atoms with Crippen LogP contribution in [0, 0.1) is 0 Å². The Labute approximate surface area is 371 Å². The number of rotatable bonds is 8. The number of benzene rings is 11. The zero-order valence-electron chi connectivity index (χ0n) is 34.9. The third kappa shape index (κ3) is 6.59. The van der Waals surface area contributed by atoms with E-state index in [2.05, 4.69) is 211 Å². The van der Waals surface area contributed by atoms with Crippen LogP contribution in [-0.2, 0) is 0 Å². The number of para-hydroxylation sites is 1. The number of hydrogen-bond donors (Lipinski definition) is 0. The molecule has 1 aromatic heterocycles. The molecule has 12 aromatic rings. The molecule has 300 valence electrons. The smallest absolute Gasteiger partial charge is 0.227 e. The Morgan fingerprint density at radius 1 is 0.312 bits per heavy atom. The van der Waals surface area contributed by atoms with Gasteiger partial charge in [0.05, 0.1) is 5.69 Å². The lowest BCUT2D eigenvalue weighted by atomic mass is 9.93. The van der Waals surface area contributed by atoms with Crippen molar-refractivity contribution in [3.05, 3.63) is 243 Å². The fraction of sp³-hybridized carbons (Fsp3) is 0. The van der Waals surface area contributed by atoms with Gasteiger partial charge in [0.2, 0.25) is 5.89 Å². The molecule has 0 N–H and O–H groups in total. The molecule has 0 unspecified atom stereocenters. The monoisotopic (exact) mass is 816 g/mol. The zero-order chi connectivity index (χ0) is 42.4. The summed E-state index contributed by atoms with van der Waals surface area (Å²) < 4.78 is 6.20. The van der Waals surface area contributed by atoms with Gasteiger partial charge in [-0.15, -0.1) is 0 Å². The Kier molecular flexibility index (Phi) is 9.16. The van der Waals surface area contributed by atoms with Crippen LogP contribution in [0.4, 0.5) is 17.1 Å². The Morgan fingerprint density at radius 3 is 1.55 bits per heavy atom. The maximum absolute atomic E-state index is 6.20. The molecule has 0 aliphatic rings. The van der Waals surface area contributed by atoms with Gasteiger partial charge in [-0.1, -0.05) is 182 Å². The summed E-state index contributed by atoms with van der Waals surface area (Å²) in [7, 11) is 0. The first-order valence-corrected chi connectivity index (χ1v) is 21.8. The summed E-state index contributed by atoms with van der Waals surface area (Å²) in [5.41, 5.74) is 15.3. The molecule has 64 heavy (non-hydrogen) atoms. The highest BCUT2D eigenvalue weighted by Crippen LogP contribution is 2.43. The van der Waals surface area contributed by atoms with Crippen LogP contribution >= 0.6 is 0 Å². The molecule has 0 bridgehead atoms. The van der Waals surface area contributed by atoms with Crippen molar-refractivity contribution < 1.29 is 4.42 Å². The Hall–Kier alpha value is -8.53. The van der Waals surface area contributed by atoms with Crippen molar-refractivity contribution in [3.8, 4) is 56.0 Å². The molecule has 3 heteroatoms. The van der Waals surface area contributed by atoms with E-state index < -0.39 is 0 Å². The van der Waals surface area contributed by atoms with E-state index in [4.69, 9.17) is 9.40 Å². The largest absolute Gasteiger partial charge is 0.436 e. The fourth-order valence-corrected chi connectivity index (χ4v) is 9.39. The van der Waals surface area contributed by atoms with Gasteiger partial charge in [-0.05, 0) is 127 Å². The van der Waals surface area contributed by atoms with Crippen LogP contribution < -0.4 is 4.90 Å². The fourth-order valence-electron chi connectivity index (χ4n) is 9.39. The van der Waals surface area contributed by atoms with Crippen LogP contribution in [0.25, 0.3) is 99.4 Å². The van der Waals surface area contributed by atoms with Crippen molar-refractivity contribution in [1.29, 1.82) is 0 Å². The number of hydrogen-bond acceptors (Lipinski definition) is 3. The third-order valence-electron chi connectivity index (χ3n) is 12.5. The molecule has 0 aliphatic heterocycles. The second kappa shape index (κ2) is 15.7. The molecule has 1 heterocycles. The number of anilines is 3. The van der Waals surface area contributed by atoms with Crippen LogP contribution in [0.2, 0.25) is 0 Å². The van der Waals surface area contributed by atoms with Gasteiger partial charge in [0.25, 0.3) is 0 Å². The van der Waals surface area contributed by atoms with E-state index in [9.17, 15) is 0 Å². The van der Waals surface area contributed by atoms with Gasteiger partial charge >= 0.3 is 0 Å². The molecule has 0 spiro atoms. The van der Waals surface area contributed by atoms with Crippen LogP contribution in [0.3, 0.4) is 0 Å². The lowest BCUT2D eigenvalue weighted by molar-refractivity contribution is 0.620. The molecule has 12 rings (SSSR count). The van der Waals surface area contributed by atoms with Gasteiger partial charge in [0, 0.05) is 27.9 Å². The summed E-state index contributed by atoms with van der Waals surface area (Å²) in [6.07, 6.45) is 0. The van der Waals surface area contributed by atoms with Crippen molar-refractivity contribution in [2.75, 3.05) is 4.90 Å². The van der Waals surface area contributed by atoms with Crippen LogP contribution in [0.15, 0.2) is 247 Å². The zero-order valence-corrected chi connectivity index (χ0v) is 34.9. The number of nitrogens with zero attached hydrogens (tertiary/aromatic N) is 2. The summed E-state index contributed by atoms with van der Waals surface area (Å²) >= 11 is 0. The second-order valence-electron chi connectivity index (χ2n) is 16.3. The number of oxazole rings is 1. The molecule has 0 fully saturated rings. The Morgan fingerprint density at radius 2 is 0.812 bits per heavy atom. The Bertz CT molecular complexity index is 3630. The van der Waals surface area contributed by atoms with Gasteiger partial charge in [0.1, 0.15) is 5.52 Å². The van der Waals surface area contributed by atoms with Crippen molar-refractivity contribution >= 4 is 60.5 Å². The number of aromatic nitrogens is 1. The summed E-state index contributed by atoms with van der Waals surface area (Å²) in [6.45, 7) is 0. The predicted molar refractivity (Wildman–Crippen MR) is 268 cm³/mol. The van der Waals surface area contributed by atoms with E-state index in [-0.39, 0.29) is 0 Å². The molecule has 0 amide bonds. The summed E-state index contributed by atoms with van der Waals surface area (Å²) in [5.74, 6) is 0.635. The van der Waals surface area contributed by atoms with Crippen LogP contribution in [0.5, 0.6) is 0 Å². The average molecular weight is 817 g/mol. The van der Waals surface area contributed by atoms with Crippen molar-refractivity contribution in [1.82, 2.24) is 4.98 Å². The van der Waals surface area contributed by atoms with E-state index in [0.717, 1.165) is 66.8 Å². The minimum atomic E-state index is 0.635. The molecule has 0 saturated carbocycles. The van der Waals surface area contributed by atoms with E-state index >= 15 is 0 Å². The minimum absolute atomic E-state index is 0.635. The first-order valence-electron chi connectivity index (χ1n) is 21.8. The van der Waals surface area contributed by atoms with Crippen molar-refractivity contribution in [2.45, 2.75) is 0 Å². The minimum Gasteiger partial charge on any atom is -0.436 e. The van der Waals surface area contributed by atoms with Crippen LogP contribution in [-0.4, -0.2) is 4.98 Å². The maximum atomic E-state index is 6.20. The van der Waals surface area contributed by atoms with E-state index in [1.54, 1.807) is 0 Å². The van der Waals surface area contributed by atoms with Crippen molar-refractivity contribution in [2.24, 2.45) is 0 Å². The molecule has 0 atom stereocenters. The summed E-state index contributed by atoms with van der Waals surface area (Å²) in [5, 5.41) is 7.27. The highest BCUT2D eigenvalue weighted by Gasteiger charge is 2.19. The SMILES string of the molecule is c1ccc(-c2nc3c(ccc4c(-c5ccc(-c6ccc(N(c7ccc(-c8cc9ccccc9c9ccccc89)cc7)c7ccccc7-c7ccccc7)cc6)cc5)cccc43)o2)cc1. The lowest BCUT2D eigenvalue weighted by Crippen LogP contribution is -2.11. The van der Waals surface area contributed by atoms with E-state index in [1.165, 1.54) is 43.8 Å². The van der Waals surface area contributed by atoms with E-state index in [1.807, 2.05) is 36.4 Å². The third-order valence-corrected chi connectivity index (χ3v) is 12.5. The second-order valence-corrected chi connectivity index (χ2v) is 16.3. The summed E-state index contributed by atoms with van der Waals surface area (Å²) in [4.78, 5) is 7.32. The molecule has 0 radical (unpaired) electrons. The van der Waals surface area contributed by atoms with Gasteiger partial charge in [-0.2, -0.15) is 0 Å². The maximum Gasteiger partial charge on any atom is 0.227 e. The van der Waals surface area contributed by atoms with Crippen molar-refractivity contribution in [3.63, 3.8) is 0 Å². The first kappa shape index (κ1) is 37.2. The van der Waals surface area contributed by atoms with Gasteiger partial charge < -0.3 is 9.32 Å². The molecular formula is C61H40N2O. The highest BCUT2D eigenvalue weighted by atomic mass is 16.3. The highest BCUT2D eigenvalue weighted by molar-refractivity contribution is 6.14. The molecule has 0 saturated heterocycles. The number of fused-ring (bicyclic) bond motifs is 6. The molecular weight excluding hydrogens is 777 g/mol. The molecule has 11 aromatic carbocycles. The molecule has 3 nitrogen and oxygen atoms in total. The van der Waals surface area contributed by atoms with Crippen LogP contribution in [0.1, 0.15) is 0 Å². The van der Waals surface area contributed by atoms with Gasteiger partial charge in [-0.3, -0.25) is 0 Å². The van der Waals surface area contributed by atoms with Gasteiger partial charge in [-0.25, -0.2) is 4.98 Å². The Balaban J connectivity index is 0.895. The summed E-state index contributed by atoms with van der Waals surface area (Å²) in [6, 6.07) is 86.7. The average Bonchev–Trinajstić information content (AvgIpc) is 3.83. The lowest BCUT2D eigenvalue weighted by Gasteiger charge is -2.28. The van der Waals surface area contributed by atoms with E-state index in [0.29, 0.717) is 5.89 Å².